The van der Waals surface area contributed by atoms with Crippen LogP contribution in [0.2, 0.25) is 0 Å². The largest absolute Gasteiger partial charge is 0.368 e. The molecule has 6 rings (SSSR count). The molecule has 1 saturated heterocycles. The third-order valence-corrected chi connectivity index (χ3v) is 7.68. The first kappa shape index (κ1) is 23.3. The number of aromatic nitrogens is 3. The third kappa shape index (κ3) is 5.37. The smallest absolute Gasteiger partial charge is 0.147 e. The van der Waals surface area contributed by atoms with Crippen molar-refractivity contribution in [2.45, 2.75) is 12.8 Å². The maximum Gasteiger partial charge on any atom is 0.147 e. The van der Waals surface area contributed by atoms with Crippen molar-refractivity contribution in [1.82, 2.24) is 15.0 Å². The van der Waals surface area contributed by atoms with E-state index in [-0.39, 0.29) is 5.78 Å². The fourth-order valence-electron chi connectivity index (χ4n) is 4.79. The summed E-state index contributed by atoms with van der Waals surface area (Å²) in [7, 11) is 0. The van der Waals surface area contributed by atoms with Gasteiger partial charge in [0.2, 0.25) is 0 Å². The predicted molar refractivity (Wildman–Crippen MR) is 150 cm³/mol. The molecule has 0 radical (unpaired) electrons. The number of ketones is 1. The van der Waals surface area contributed by atoms with Gasteiger partial charge in [-0.25, -0.2) is 4.98 Å². The van der Waals surface area contributed by atoms with Crippen molar-refractivity contribution in [3.63, 3.8) is 0 Å². The van der Waals surface area contributed by atoms with Crippen LogP contribution in [0.5, 0.6) is 0 Å². The average Bonchev–Trinajstić information content (AvgIpc) is 3.46. The van der Waals surface area contributed by atoms with E-state index in [1.165, 1.54) is 5.69 Å². The van der Waals surface area contributed by atoms with Gasteiger partial charge in [0.05, 0.1) is 17.2 Å². The van der Waals surface area contributed by atoms with Crippen molar-refractivity contribution in [2.75, 3.05) is 36.0 Å². The van der Waals surface area contributed by atoms with E-state index >= 15 is 0 Å². The SMILES string of the molecule is O=C(Cc1ccc(-c2ccc3ncc(N4CCN(c5ccncc5)CC4)nc3c2)cc1)Cc1cccs1. The van der Waals surface area contributed by atoms with E-state index < -0.39 is 0 Å². The molecule has 1 aliphatic rings. The van der Waals surface area contributed by atoms with Crippen molar-refractivity contribution < 1.29 is 4.79 Å². The second-order valence-corrected chi connectivity index (χ2v) is 10.3. The Morgan fingerprint density at radius 2 is 1.57 bits per heavy atom. The number of pyridine rings is 1. The maximum absolute atomic E-state index is 12.4. The molecule has 1 fully saturated rings. The quantitative estimate of drug-likeness (QED) is 0.294. The Kier molecular flexibility index (Phi) is 6.60. The fourth-order valence-corrected chi connectivity index (χ4v) is 5.53. The van der Waals surface area contributed by atoms with Crippen LogP contribution in [0.1, 0.15) is 10.4 Å². The number of carbonyl (C=O) groups is 1. The number of benzene rings is 2. The Balaban J connectivity index is 1.14. The standard InChI is InChI=1S/C30H27N5OS/c36-26(20-27-2-1-17-37-27)18-22-3-5-23(6-4-22)24-7-8-28-29(19-24)33-30(21-32-28)35-15-13-34(14-16-35)25-9-11-31-12-10-25/h1-12,17,19,21H,13-16,18,20H2. The molecule has 0 aliphatic carbocycles. The molecule has 184 valence electrons. The van der Waals surface area contributed by atoms with Gasteiger partial charge < -0.3 is 9.80 Å². The number of Topliss-reactive ketones (excluding diaryl/α,β-unsaturated/α-hetero) is 1. The summed E-state index contributed by atoms with van der Waals surface area (Å²) in [5.41, 5.74) is 6.23. The van der Waals surface area contributed by atoms with Gasteiger partial charge in [0.15, 0.2) is 0 Å². The minimum atomic E-state index is 0.241. The number of hydrogen-bond donors (Lipinski definition) is 0. The van der Waals surface area contributed by atoms with Crippen LogP contribution < -0.4 is 9.80 Å². The highest BCUT2D eigenvalue weighted by Gasteiger charge is 2.19. The Bertz CT molecular complexity index is 1490. The Morgan fingerprint density at radius 3 is 2.32 bits per heavy atom. The second kappa shape index (κ2) is 10.5. The molecule has 0 atom stereocenters. The van der Waals surface area contributed by atoms with Gasteiger partial charge in [-0.15, -0.1) is 11.3 Å². The van der Waals surface area contributed by atoms with E-state index in [1.807, 2.05) is 42.2 Å². The van der Waals surface area contributed by atoms with Crippen LogP contribution in [0, 0.1) is 0 Å². The summed E-state index contributed by atoms with van der Waals surface area (Å²) in [6.45, 7) is 3.67. The molecule has 4 heterocycles. The Hall–Kier alpha value is -4.10. The second-order valence-electron chi connectivity index (χ2n) is 9.28. The molecule has 6 nitrogen and oxygen atoms in total. The number of anilines is 2. The highest BCUT2D eigenvalue weighted by Crippen LogP contribution is 2.26. The summed E-state index contributed by atoms with van der Waals surface area (Å²) < 4.78 is 0. The lowest BCUT2D eigenvalue weighted by Crippen LogP contribution is -2.46. The number of thiophene rings is 1. The molecule has 0 bridgehead atoms. The van der Waals surface area contributed by atoms with Crippen molar-refractivity contribution in [3.05, 3.63) is 101 Å². The van der Waals surface area contributed by atoms with E-state index in [0.717, 1.165) is 64.6 Å². The molecule has 0 spiro atoms. The number of piperazine rings is 1. The molecule has 0 saturated carbocycles. The van der Waals surface area contributed by atoms with Gasteiger partial charge in [-0.1, -0.05) is 36.4 Å². The van der Waals surface area contributed by atoms with E-state index in [2.05, 4.69) is 68.3 Å². The normalized spacial score (nSPS) is 13.7. The summed E-state index contributed by atoms with van der Waals surface area (Å²) in [6, 6.07) is 22.6. The van der Waals surface area contributed by atoms with Crippen LogP contribution in [0.25, 0.3) is 22.2 Å². The van der Waals surface area contributed by atoms with Gasteiger partial charge in [-0.2, -0.15) is 0 Å². The van der Waals surface area contributed by atoms with Gasteiger partial charge in [0.1, 0.15) is 11.6 Å². The van der Waals surface area contributed by atoms with Crippen LogP contribution in [0.4, 0.5) is 11.5 Å². The molecule has 3 aromatic heterocycles. The summed E-state index contributed by atoms with van der Waals surface area (Å²) in [5.74, 6) is 1.16. The summed E-state index contributed by atoms with van der Waals surface area (Å²) in [4.78, 5) is 32.0. The first-order valence-corrected chi connectivity index (χ1v) is 13.4. The molecule has 0 amide bonds. The monoisotopic (exact) mass is 505 g/mol. The Labute approximate surface area is 220 Å². The first-order chi connectivity index (χ1) is 18.2. The van der Waals surface area contributed by atoms with E-state index in [1.54, 1.807) is 11.3 Å². The van der Waals surface area contributed by atoms with Gasteiger partial charge in [-0.3, -0.25) is 14.8 Å². The van der Waals surface area contributed by atoms with E-state index in [9.17, 15) is 4.79 Å². The van der Waals surface area contributed by atoms with E-state index in [4.69, 9.17) is 4.98 Å². The maximum atomic E-state index is 12.4. The molecule has 7 heteroatoms. The Morgan fingerprint density at radius 1 is 0.811 bits per heavy atom. The number of rotatable bonds is 7. The van der Waals surface area contributed by atoms with Crippen molar-refractivity contribution in [1.29, 1.82) is 0 Å². The van der Waals surface area contributed by atoms with Crippen molar-refractivity contribution >= 4 is 39.7 Å². The van der Waals surface area contributed by atoms with Crippen LogP contribution in [-0.4, -0.2) is 46.9 Å². The van der Waals surface area contributed by atoms with E-state index in [0.29, 0.717) is 12.8 Å². The minimum absolute atomic E-state index is 0.241. The highest BCUT2D eigenvalue weighted by molar-refractivity contribution is 7.10. The van der Waals surface area contributed by atoms with Crippen LogP contribution in [0.15, 0.2) is 90.7 Å². The van der Waals surface area contributed by atoms with Crippen LogP contribution in [-0.2, 0) is 17.6 Å². The van der Waals surface area contributed by atoms with Gasteiger partial charge in [0, 0.05) is 62.0 Å². The van der Waals surface area contributed by atoms with Gasteiger partial charge in [0.25, 0.3) is 0 Å². The number of nitrogens with zero attached hydrogens (tertiary/aromatic N) is 5. The molecule has 0 N–H and O–H groups in total. The van der Waals surface area contributed by atoms with Gasteiger partial charge in [-0.05, 0) is 52.4 Å². The molecule has 2 aromatic carbocycles. The molecule has 0 unspecified atom stereocenters. The molecule has 37 heavy (non-hydrogen) atoms. The average molecular weight is 506 g/mol. The number of fused-ring (bicyclic) bond motifs is 1. The lowest BCUT2D eigenvalue weighted by Gasteiger charge is -2.36. The first-order valence-electron chi connectivity index (χ1n) is 12.5. The zero-order chi connectivity index (χ0) is 25.0. The summed E-state index contributed by atoms with van der Waals surface area (Å²) >= 11 is 1.63. The topological polar surface area (TPSA) is 62.2 Å². The lowest BCUT2D eigenvalue weighted by atomic mass is 10.0. The summed E-state index contributed by atoms with van der Waals surface area (Å²) in [6.07, 6.45) is 6.52. The van der Waals surface area contributed by atoms with Crippen LogP contribution >= 0.6 is 11.3 Å². The molecule has 1 aliphatic heterocycles. The minimum Gasteiger partial charge on any atom is -0.368 e. The molecular formula is C30H27N5OS. The zero-order valence-electron chi connectivity index (χ0n) is 20.5. The van der Waals surface area contributed by atoms with Crippen molar-refractivity contribution in [3.8, 4) is 11.1 Å². The number of carbonyl (C=O) groups excluding carboxylic acids is 1. The molecule has 5 aromatic rings. The van der Waals surface area contributed by atoms with Gasteiger partial charge >= 0.3 is 0 Å². The van der Waals surface area contributed by atoms with Crippen molar-refractivity contribution in [2.24, 2.45) is 0 Å². The highest BCUT2D eigenvalue weighted by atomic mass is 32.1. The fraction of sp³-hybridized carbons (Fsp3) is 0.200. The number of hydrogen-bond acceptors (Lipinski definition) is 7. The van der Waals surface area contributed by atoms with Crippen LogP contribution in [0.3, 0.4) is 0 Å². The third-order valence-electron chi connectivity index (χ3n) is 6.80. The molecular weight excluding hydrogens is 478 g/mol. The predicted octanol–water partition coefficient (Wildman–Crippen LogP) is 5.43. The zero-order valence-corrected chi connectivity index (χ0v) is 21.3. The lowest BCUT2D eigenvalue weighted by molar-refractivity contribution is -0.117. The summed E-state index contributed by atoms with van der Waals surface area (Å²) in [5, 5.41) is 2.01.